The van der Waals surface area contributed by atoms with Gasteiger partial charge < -0.3 is 9.47 Å². The second-order valence-corrected chi connectivity index (χ2v) is 6.56. The van der Waals surface area contributed by atoms with Crippen molar-refractivity contribution in [3.8, 4) is 5.75 Å². The predicted molar refractivity (Wildman–Crippen MR) is 87.0 cm³/mol. The Morgan fingerprint density at radius 1 is 1.09 bits per heavy atom. The maximum absolute atomic E-state index is 12.2. The minimum absolute atomic E-state index is 0.0239. The maximum Gasteiger partial charge on any atom is 0.340 e. The Kier molecular flexibility index (Phi) is 5.23. The quantitative estimate of drug-likeness (QED) is 0.820. The molecule has 0 unspecified atom stereocenters. The van der Waals surface area contributed by atoms with Crippen LogP contribution in [-0.2, 0) is 21.4 Å². The number of carbonyl (C=O) groups excluding carboxylic acids is 1. The normalized spacial score (nSPS) is 10.9. The third-order valence-corrected chi connectivity index (χ3v) is 3.58. The van der Waals surface area contributed by atoms with Crippen molar-refractivity contribution in [1.82, 2.24) is 0 Å². The standard InChI is InChI=1S/C16H17NO5S/c1-21-15-10-6-3-7-12(15)11-22-16(18)13-8-4-5-9-14(13)17-23(2,19)20/h3-10,17H,11H2,1-2H3. The molecule has 0 fully saturated rings. The number of rotatable bonds is 6. The molecule has 122 valence electrons. The third kappa shape index (κ3) is 4.72. The van der Waals surface area contributed by atoms with Gasteiger partial charge in [0.15, 0.2) is 0 Å². The highest BCUT2D eigenvalue weighted by Crippen LogP contribution is 2.21. The van der Waals surface area contributed by atoms with Crippen molar-refractivity contribution >= 4 is 21.7 Å². The van der Waals surface area contributed by atoms with E-state index in [1.165, 1.54) is 19.2 Å². The largest absolute Gasteiger partial charge is 0.496 e. The van der Waals surface area contributed by atoms with Gasteiger partial charge in [0.05, 0.1) is 24.6 Å². The fourth-order valence-electron chi connectivity index (χ4n) is 1.99. The van der Waals surface area contributed by atoms with E-state index < -0.39 is 16.0 Å². The molecule has 0 radical (unpaired) electrons. The van der Waals surface area contributed by atoms with Crippen molar-refractivity contribution in [2.24, 2.45) is 0 Å². The maximum atomic E-state index is 12.2. The molecule has 0 atom stereocenters. The summed E-state index contributed by atoms with van der Waals surface area (Å²) in [6, 6.07) is 13.4. The van der Waals surface area contributed by atoms with E-state index in [4.69, 9.17) is 9.47 Å². The Hall–Kier alpha value is -2.54. The van der Waals surface area contributed by atoms with Crippen LogP contribution in [0.1, 0.15) is 15.9 Å². The van der Waals surface area contributed by atoms with E-state index in [9.17, 15) is 13.2 Å². The molecule has 0 heterocycles. The molecular weight excluding hydrogens is 318 g/mol. The van der Waals surface area contributed by atoms with E-state index in [2.05, 4.69) is 4.72 Å². The summed E-state index contributed by atoms with van der Waals surface area (Å²) in [4.78, 5) is 12.2. The van der Waals surface area contributed by atoms with Gasteiger partial charge in [-0.2, -0.15) is 0 Å². The van der Waals surface area contributed by atoms with Crippen LogP contribution in [0.15, 0.2) is 48.5 Å². The Morgan fingerprint density at radius 2 is 1.74 bits per heavy atom. The van der Waals surface area contributed by atoms with Gasteiger partial charge in [0.25, 0.3) is 0 Å². The van der Waals surface area contributed by atoms with E-state index in [1.807, 2.05) is 12.1 Å². The van der Waals surface area contributed by atoms with E-state index in [1.54, 1.807) is 24.3 Å². The summed E-state index contributed by atoms with van der Waals surface area (Å²) in [5.74, 6) is -0.00879. The Labute approximate surface area is 135 Å². The van der Waals surface area contributed by atoms with Crippen LogP contribution >= 0.6 is 0 Å². The number of carbonyl (C=O) groups is 1. The summed E-state index contributed by atoms with van der Waals surface area (Å²) in [5.41, 5.74) is 1.05. The molecule has 0 spiro atoms. The zero-order valence-electron chi connectivity index (χ0n) is 12.8. The van der Waals surface area contributed by atoms with Gasteiger partial charge in [-0.1, -0.05) is 30.3 Å². The summed E-state index contributed by atoms with van der Waals surface area (Å²) >= 11 is 0. The van der Waals surface area contributed by atoms with Crippen molar-refractivity contribution < 1.29 is 22.7 Å². The fraction of sp³-hybridized carbons (Fsp3) is 0.188. The Bertz CT molecular complexity index is 802. The number of methoxy groups -OCH3 is 1. The van der Waals surface area contributed by atoms with Crippen LogP contribution in [0.25, 0.3) is 0 Å². The van der Waals surface area contributed by atoms with Crippen LogP contribution in [0.2, 0.25) is 0 Å². The third-order valence-electron chi connectivity index (χ3n) is 2.99. The predicted octanol–water partition coefficient (Wildman–Crippen LogP) is 2.42. The van der Waals surface area contributed by atoms with Gasteiger partial charge in [-0.25, -0.2) is 13.2 Å². The van der Waals surface area contributed by atoms with Crippen molar-refractivity contribution in [2.75, 3.05) is 18.1 Å². The van der Waals surface area contributed by atoms with Crippen LogP contribution in [0.4, 0.5) is 5.69 Å². The smallest absolute Gasteiger partial charge is 0.340 e. The molecule has 0 aliphatic rings. The van der Waals surface area contributed by atoms with Crippen LogP contribution < -0.4 is 9.46 Å². The first-order chi connectivity index (χ1) is 10.9. The molecule has 23 heavy (non-hydrogen) atoms. The lowest BCUT2D eigenvalue weighted by Gasteiger charge is -2.12. The summed E-state index contributed by atoms with van der Waals surface area (Å²) < 4.78 is 35.5. The highest BCUT2D eigenvalue weighted by atomic mass is 32.2. The fourth-order valence-corrected chi connectivity index (χ4v) is 2.57. The van der Waals surface area contributed by atoms with Gasteiger partial charge in [-0.3, -0.25) is 4.72 Å². The van der Waals surface area contributed by atoms with E-state index >= 15 is 0 Å². The zero-order valence-corrected chi connectivity index (χ0v) is 13.6. The molecule has 0 aromatic heterocycles. The number of anilines is 1. The number of hydrogen-bond donors (Lipinski definition) is 1. The van der Waals surface area contributed by atoms with Crippen molar-refractivity contribution in [1.29, 1.82) is 0 Å². The number of ether oxygens (including phenoxy) is 2. The van der Waals surface area contributed by atoms with E-state index in [0.717, 1.165) is 11.8 Å². The molecule has 2 rings (SSSR count). The first kappa shape index (κ1) is 16.8. The summed E-state index contributed by atoms with van der Waals surface area (Å²) in [5, 5.41) is 0. The SMILES string of the molecule is COc1ccccc1COC(=O)c1ccccc1NS(C)(=O)=O. The molecule has 7 heteroatoms. The van der Waals surface area contributed by atoms with Gasteiger partial charge in [0, 0.05) is 5.56 Å². The Morgan fingerprint density at radius 3 is 2.43 bits per heavy atom. The molecule has 6 nitrogen and oxygen atoms in total. The lowest BCUT2D eigenvalue weighted by atomic mass is 10.2. The lowest BCUT2D eigenvalue weighted by molar-refractivity contribution is 0.0471. The minimum atomic E-state index is -3.49. The second-order valence-electron chi connectivity index (χ2n) is 4.81. The van der Waals surface area contributed by atoms with Gasteiger partial charge in [-0.05, 0) is 18.2 Å². The summed E-state index contributed by atoms with van der Waals surface area (Å²) in [6.45, 7) is 0.0239. The Balaban J connectivity index is 2.15. The molecule has 1 N–H and O–H groups in total. The van der Waals surface area contributed by atoms with Gasteiger partial charge >= 0.3 is 5.97 Å². The number of benzene rings is 2. The molecule has 0 aliphatic heterocycles. The molecule has 0 amide bonds. The average molecular weight is 335 g/mol. The van der Waals surface area contributed by atoms with Crippen LogP contribution in [0, 0.1) is 0 Å². The topological polar surface area (TPSA) is 81.7 Å². The molecule has 0 saturated carbocycles. The van der Waals surface area contributed by atoms with Crippen molar-refractivity contribution in [2.45, 2.75) is 6.61 Å². The van der Waals surface area contributed by atoms with Crippen molar-refractivity contribution in [3.63, 3.8) is 0 Å². The molecule has 2 aromatic rings. The van der Waals surface area contributed by atoms with Crippen LogP contribution in [-0.4, -0.2) is 27.8 Å². The molecule has 2 aromatic carbocycles. The monoisotopic (exact) mass is 335 g/mol. The van der Waals surface area contributed by atoms with E-state index in [0.29, 0.717) is 5.75 Å². The second kappa shape index (κ2) is 7.15. The van der Waals surface area contributed by atoms with Crippen LogP contribution in [0.5, 0.6) is 5.75 Å². The molecule has 0 bridgehead atoms. The summed E-state index contributed by atoms with van der Waals surface area (Å²) in [7, 11) is -1.96. The summed E-state index contributed by atoms with van der Waals surface area (Å²) in [6.07, 6.45) is 1.02. The molecule has 0 aliphatic carbocycles. The van der Waals surface area contributed by atoms with E-state index in [-0.39, 0.29) is 17.9 Å². The highest BCUT2D eigenvalue weighted by Gasteiger charge is 2.15. The van der Waals surface area contributed by atoms with Gasteiger partial charge in [0.2, 0.25) is 10.0 Å². The lowest BCUT2D eigenvalue weighted by Crippen LogP contribution is -2.14. The number of nitrogens with one attached hydrogen (secondary N) is 1. The first-order valence-electron chi connectivity index (χ1n) is 6.76. The minimum Gasteiger partial charge on any atom is -0.496 e. The highest BCUT2D eigenvalue weighted by molar-refractivity contribution is 7.92. The van der Waals surface area contributed by atoms with Gasteiger partial charge in [-0.15, -0.1) is 0 Å². The first-order valence-corrected chi connectivity index (χ1v) is 8.65. The van der Waals surface area contributed by atoms with Crippen LogP contribution in [0.3, 0.4) is 0 Å². The average Bonchev–Trinajstić information content (AvgIpc) is 2.52. The van der Waals surface area contributed by atoms with Crippen molar-refractivity contribution in [3.05, 3.63) is 59.7 Å². The number of esters is 1. The zero-order chi connectivity index (χ0) is 16.9. The number of para-hydroxylation sites is 2. The molecular formula is C16H17NO5S. The number of sulfonamides is 1. The number of hydrogen-bond acceptors (Lipinski definition) is 5. The van der Waals surface area contributed by atoms with Gasteiger partial charge in [0.1, 0.15) is 12.4 Å². The molecule has 0 saturated heterocycles.